The second-order valence-electron chi connectivity index (χ2n) is 24.6. The van der Waals surface area contributed by atoms with Crippen LogP contribution in [0.25, 0.3) is 0 Å². The van der Waals surface area contributed by atoms with E-state index in [9.17, 15) is 73.8 Å². The second-order valence-corrected chi connectivity index (χ2v) is 24.6. The molecule has 0 spiro atoms. The summed E-state index contributed by atoms with van der Waals surface area (Å²) in [4.78, 5) is 109. The largest absolute Gasteiger partial charge is 0.463 e. The van der Waals surface area contributed by atoms with Crippen molar-refractivity contribution in [3.8, 4) is 0 Å². The van der Waals surface area contributed by atoms with Gasteiger partial charge in [-0.1, -0.05) is 6.92 Å². The molecule has 0 aromatic heterocycles. The van der Waals surface area contributed by atoms with E-state index in [1.165, 1.54) is 20.8 Å². The lowest BCUT2D eigenvalue weighted by Gasteiger charge is -2.40. The van der Waals surface area contributed by atoms with Gasteiger partial charge in [0.05, 0.1) is 57.8 Å². The standard InChI is InChI=1S/C62H111N9O27/c1-38(72)93-32-41-53(81)56(84)50(63)59(96-41)90-26-8-5-14-44(75)66-20-11-23-69-47(78)17-29-87-35-62(4,36-88-30-18-48(79)70-24-12-21-67-45(76)15-6-9-27-91-60-51(64)57(85)54(82)42(97-60)33-94-39(2)73)37-89-31-19-49(80)71-25-13-22-68-46(77)16-7-10-28-92-61-52(65)58(86)55(83)43(98-61)34-95-40(3)74/h41-43,50-61,81-86H,5-37,63-65H2,1-4H3,(H,66,75)(H,67,76)(H,68,77)(H,69,78)(H,70,79)(H,71,80). The fraction of sp³-hybridized carbons (Fsp3) is 0.855. The summed E-state index contributed by atoms with van der Waals surface area (Å²) in [5.74, 6) is -3.17. The van der Waals surface area contributed by atoms with E-state index in [0.29, 0.717) is 97.1 Å². The molecule has 3 heterocycles. The third kappa shape index (κ3) is 36.2. The third-order valence-electron chi connectivity index (χ3n) is 15.6. The van der Waals surface area contributed by atoms with Gasteiger partial charge in [-0.25, -0.2) is 0 Å². The molecule has 3 rings (SSSR count). The molecule has 3 fully saturated rings. The first kappa shape index (κ1) is 86.7. The maximum atomic E-state index is 12.7. The van der Waals surface area contributed by atoms with Crippen molar-refractivity contribution in [2.45, 2.75) is 216 Å². The first-order valence-electron chi connectivity index (χ1n) is 33.6. The molecule has 15 atom stereocenters. The van der Waals surface area contributed by atoms with Gasteiger partial charge in [-0.2, -0.15) is 0 Å². The zero-order valence-electron chi connectivity index (χ0n) is 57.0. The minimum Gasteiger partial charge on any atom is -0.463 e. The van der Waals surface area contributed by atoms with Crippen LogP contribution in [0.3, 0.4) is 0 Å². The van der Waals surface area contributed by atoms with Gasteiger partial charge in [0, 0.05) is 124 Å². The molecule has 15 unspecified atom stereocenters. The van der Waals surface area contributed by atoms with Crippen LogP contribution in [0.1, 0.15) is 124 Å². The molecular weight excluding hydrogens is 1300 g/mol. The molecule has 566 valence electrons. The van der Waals surface area contributed by atoms with Gasteiger partial charge in [0.2, 0.25) is 35.4 Å². The van der Waals surface area contributed by atoms with E-state index in [0.717, 1.165) is 0 Å². The second kappa shape index (κ2) is 49.1. The first-order valence-corrected chi connectivity index (χ1v) is 33.6. The average Bonchev–Trinajstić information content (AvgIpc) is 0.834. The van der Waals surface area contributed by atoms with Crippen LogP contribution >= 0.6 is 0 Å². The van der Waals surface area contributed by atoms with Gasteiger partial charge in [0.1, 0.15) is 74.8 Å². The minimum atomic E-state index is -1.37. The Morgan fingerprint density at radius 3 is 0.816 bits per heavy atom. The van der Waals surface area contributed by atoms with Crippen LogP contribution in [0.2, 0.25) is 0 Å². The SMILES string of the molecule is CC(=O)OCC1OC(OCCCCC(=O)NCCCNC(=O)CCOCC(C)(COCCC(=O)NCCCNC(=O)CCCCOC2OC(COC(C)=O)C(O)C(O)C2N)COCCC(=O)NCCCNC(=O)CCCCOC2OC(COC(C)=O)C(O)C(O)C2N)C(N)C(O)C1O. The number of hydrogen-bond acceptors (Lipinski definition) is 30. The molecule has 0 aromatic rings. The molecule has 0 bridgehead atoms. The zero-order chi connectivity index (χ0) is 72.4. The number of amides is 6. The van der Waals surface area contributed by atoms with Gasteiger partial charge in [-0.3, -0.25) is 43.2 Å². The van der Waals surface area contributed by atoms with Crippen LogP contribution in [0.5, 0.6) is 0 Å². The lowest BCUT2D eigenvalue weighted by atomic mass is 9.94. The fourth-order valence-electron chi connectivity index (χ4n) is 9.82. The van der Waals surface area contributed by atoms with Crippen molar-refractivity contribution in [3.63, 3.8) is 0 Å². The Morgan fingerprint density at radius 2 is 0.582 bits per heavy atom. The Kier molecular flexibility index (Phi) is 43.5. The monoisotopic (exact) mass is 1410 g/mol. The Bertz CT molecular complexity index is 2110. The summed E-state index contributed by atoms with van der Waals surface area (Å²) in [5, 5.41) is 78.3. The summed E-state index contributed by atoms with van der Waals surface area (Å²) < 4.78 is 66.2. The highest BCUT2D eigenvalue weighted by molar-refractivity contribution is 5.78. The van der Waals surface area contributed by atoms with Crippen LogP contribution in [0, 0.1) is 5.41 Å². The number of hydrogen-bond donors (Lipinski definition) is 15. The van der Waals surface area contributed by atoms with E-state index in [4.69, 9.17) is 74.0 Å². The lowest BCUT2D eigenvalue weighted by Crippen LogP contribution is -2.62. The third-order valence-corrected chi connectivity index (χ3v) is 15.6. The molecule has 98 heavy (non-hydrogen) atoms. The highest BCUT2D eigenvalue weighted by Crippen LogP contribution is 2.25. The zero-order valence-corrected chi connectivity index (χ0v) is 57.0. The molecule has 3 aliphatic heterocycles. The maximum Gasteiger partial charge on any atom is 0.302 e. The lowest BCUT2D eigenvalue weighted by molar-refractivity contribution is -0.267. The van der Waals surface area contributed by atoms with E-state index in [2.05, 4.69) is 31.9 Å². The number of aliphatic hydroxyl groups excluding tert-OH is 6. The van der Waals surface area contributed by atoms with Crippen LogP contribution < -0.4 is 49.1 Å². The minimum absolute atomic E-state index is 0.0286. The predicted octanol–water partition coefficient (Wildman–Crippen LogP) is -5.35. The van der Waals surface area contributed by atoms with Gasteiger partial charge in [-0.15, -0.1) is 0 Å². The van der Waals surface area contributed by atoms with Gasteiger partial charge in [0.25, 0.3) is 0 Å². The van der Waals surface area contributed by atoms with Gasteiger partial charge in [0.15, 0.2) is 18.9 Å². The van der Waals surface area contributed by atoms with Crippen LogP contribution in [0.4, 0.5) is 0 Å². The predicted molar refractivity (Wildman–Crippen MR) is 342 cm³/mol. The molecular formula is C62H111N9O27. The normalized spacial score (nSPS) is 26.0. The molecule has 3 saturated heterocycles. The van der Waals surface area contributed by atoms with Crippen LogP contribution in [-0.4, -0.2) is 294 Å². The van der Waals surface area contributed by atoms with Crippen molar-refractivity contribution >= 4 is 53.4 Å². The van der Waals surface area contributed by atoms with Crippen molar-refractivity contribution in [2.24, 2.45) is 22.6 Å². The number of esters is 3. The number of unbranched alkanes of at least 4 members (excludes halogenated alkanes) is 3. The summed E-state index contributed by atoms with van der Waals surface area (Å²) in [7, 11) is 0. The molecule has 3 aliphatic rings. The summed E-state index contributed by atoms with van der Waals surface area (Å²) in [6.45, 7) is 7.24. The number of nitrogens with two attached hydrogens (primary N) is 3. The Hall–Kier alpha value is -5.49. The molecule has 18 N–H and O–H groups in total. The van der Waals surface area contributed by atoms with E-state index in [1.807, 2.05) is 6.92 Å². The van der Waals surface area contributed by atoms with Gasteiger partial charge >= 0.3 is 17.9 Å². The van der Waals surface area contributed by atoms with Gasteiger partial charge < -0.3 is 137 Å². The average molecular weight is 1410 g/mol. The van der Waals surface area contributed by atoms with Crippen molar-refractivity contribution in [1.82, 2.24) is 31.9 Å². The Balaban J connectivity index is 1.32. The smallest absolute Gasteiger partial charge is 0.302 e. The van der Waals surface area contributed by atoms with E-state index < -0.39 is 115 Å². The fourth-order valence-corrected chi connectivity index (χ4v) is 9.82. The van der Waals surface area contributed by atoms with Crippen molar-refractivity contribution < 1.29 is 131 Å². The molecule has 36 nitrogen and oxygen atoms in total. The van der Waals surface area contributed by atoms with E-state index in [1.54, 1.807) is 0 Å². The van der Waals surface area contributed by atoms with Crippen LogP contribution in [-0.2, 0) is 100.0 Å². The van der Waals surface area contributed by atoms with E-state index >= 15 is 0 Å². The Labute approximate surface area is 571 Å². The number of nitrogens with one attached hydrogen (secondary N) is 6. The highest BCUT2D eigenvalue weighted by atomic mass is 16.7. The van der Waals surface area contributed by atoms with Crippen molar-refractivity contribution in [3.05, 3.63) is 0 Å². The molecule has 0 aromatic carbocycles. The topological polar surface area (TPSA) is 536 Å². The number of ether oxygens (including phenoxy) is 12. The first-order chi connectivity index (χ1) is 46.7. The van der Waals surface area contributed by atoms with Crippen molar-refractivity contribution in [1.29, 1.82) is 0 Å². The maximum absolute atomic E-state index is 12.7. The number of carbonyl (C=O) groups excluding carboxylic acids is 9. The summed E-state index contributed by atoms with van der Waals surface area (Å²) in [5.41, 5.74) is 17.1. The van der Waals surface area contributed by atoms with Crippen LogP contribution in [0.15, 0.2) is 0 Å². The number of aliphatic hydroxyl groups is 6. The summed E-state index contributed by atoms with van der Waals surface area (Å²) >= 11 is 0. The molecule has 36 heteroatoms. The molecule has 6 amide bonds. The molecule has 0 saturated carbocycles. The summed E-state index contributed by atoms with van der Waals surface area (Å²) in [6, 6.07) is -3.14. The molecule has 0 aliphatic carbocycles. The van der Waals surface area contributed by atoms with Gasteiger partial charge in [-0.05, 0) is 57.8 Å². The van der Waals surface area contributed by atoms with E-state index in [-0.39, 0.29) is 153 Å². The van der Waals surface area contributed by atoms with Crippen molar-refractivity contribution in [2.75, 3.05) is 119 Å². The molecule has 0 radical (unpaired) electrons. The number of carbonyl (C=O) groups is 9. The number of rotatable bonds is 51. The summed E-state index contributed by atoms with van der Waals surface area (Å²) in [6.07, 6.45) is -9.65. The Morgan fingerprint density at radius 1 is 0.347 bits per heavy atom. The quantitative estimate of drug-likeness (QED) is 0.0154. The highest BCUT2D eigenvalue weighted by Gasteiger charge is 2.46.